The van der Waals surface area contributed by atoms with Gasteiger partial charge in [-0.2, -0.15) is 0 Å². The van der Waals surface area contributed by atoms with E-state index in [1.807, 2.05) is 45.0 Å². The van der Waals surface area contributed by atoms with E-state index in [1.54, 1.807) is 0 Å². The lowest BCUT2D eigenvalue weighted by molar-refractivity contribution is -0.132. The van der Waals surface area contributed by atoms with Gasteiger partial charge in [-0.25, -0.2) is 4.79 Å². The summed E-state index contributed by atoms with van der Waals surface area (Å²) in [5.41, 5.74) is 1.96. The first-order valence-corrected chi connectivity index (χ1v) is 7.17. The largest absolute Gasteiger partial charge is 0.464 e. The first kappa shape index (κ1) is 17.2. The second kappa shape index (κ2) is 9.13. The molecule has 1 aromatic carbocycles. The highest BCUT2D eigenvalue weighted by atomic mass is 16.7. The second-order valence-electron chi connectivity index (χ2n) is 4.39. The number of hydrogen-bond acceptors (Lipinski definition) is 5. The number of ether oxygens (including phenoxy) is 2. The van der Waals surface area contributed by atoms with Crippen LogP contribution in [0, 0.1) is 6.92 Å². The molecule has 0 aromatic heterocycles. The number of esters is 1. The van der Waals surface area contributed by atoms with Gasteiger partial charge in [0.05, 0.1) is 20.3 Å². The number of aryl methyl sites for hydroxylation is 1. The maximum absolute atomic E-state index is 11.7. The molecule has 5 nitrogen and oxygen atoms in total. The van der Waals surface area contributed by atoms with Crippen molar-refractivity contribution in [3.63, 3.8) is 0 Å². The van der Waals surface area contributed by atoms with Crippen molar-refractivity contribution in [3.8, 4) is 0 Å². The minimum Gasteiger partial charge on any atom is -0.464 e. The van der Waals surface area contributed by atoms with Gasteiger partial charge in [0.15, 0.2) is 11.8 Å². The first-order chi connectivity index (χ1) is 10.2. The number of benzene rings is 1. The zero-order chi connectivity index (χ0) is 15.7. The molecule has 1 fully saturated rings. The van der Waals surface area contributed by atoms with Crippen molar-refractivity contribution in [2.45, 2.75) is 33.3 Å². The Morgan fingerprint density at radius 2 is 1.95 bits per heavy atom. The third kappa shape index (κ3) is 5.19. The fourth-order valence-corrected chi connectivity index (χ4v) is 1.74. The van der Waals surface area contributed by atoms with Crippen LogP contribution in [0.15, 0.2) is 29.4 Å². The molecule has 1 saturated heterocycles. The van der Waals surface area contributed by atoms with Crippen molar-refractivity contribution < 1.29 is 19.1 Å². The van der Waals surface area contributed by atoms with Crippen LogP contribution in [0.1, 0.15) is 31.4 Å². The van der Waals surface area contributed by atoms with E-state index in [0.717, 1.165) is 12.0 Å². The van der Waals surface area contributed by atoms with Crippen molar-refractivity contribution in [2.24, 2.45) is 5.16 Å². The Bertz CT molecular complexity index is 462. The molecule has 0 N–H and O–H groups in total. The molecule has 5 heteroatoms. The van der Waals surface area contributed by atoms with E-state index in [1.165, 1.54) is 7.11 Å². The molecule has 2 rings (SSSR count). The highest BCUT2D eigenvalue weighted by Crippen LogP contribution is 2.11. The molecule has 1 atom stereocenters. The predicted octanol–water partition coefficient (Wildman–Crippen LogP) is 2.70. The molecule has 0 aliphatic carbocycles. The molecule has 0 unspecified atom stereocenters. The van der Waals surface area contributed by atoms with E-state index in [0.29, 0.717) is 18.8 Å². The summed E-state index contributed by atoms with van der Waals surface area (Å²) >= 11 is 0. The molecule has 1 aliphatic rings. The zero-order valence-electron chi connectivity index (χ0n) is 13.1. The van der Waals surface area contributed by atoms with E-state index < -0.39 is 5.97 Å². The summed E-state index contributed by atoms with van der Waals surface area (Å²) < 4.78 is 9.92. The maximum Gasteiger partial charge on any atom is 0.360 e. The van der Waals surface area contributed by atoms with Crippen LogP contribution >= 0.6 is 0 Å². The van der Waals surface area contributed by atoms with Gasteiger partial charge in [0.2, 0.25) is 0 Å². The number of hydrogen-bond donors (Lipinski definition) is 0. The van der Waals surface area contributed by atoms with Crippen molar-refractivity contribution >= 4 is 11.7 Å². The summed E-state index contributed by atoms with van der Waals surface area (Å²) in [5.74, 6) is -0.511. The van der Waals surface area contributed by atoms with Gasteiger partial charge in [0.1, 0.15) is 0 Å². The van der Waals surface area contributed by atoms with Gasteiger partial charge in [-0.3, -0.25) is 0 Å². The number of carbonyl (C=O) groups is 1. The Morgan fingerprint density at radius 1 is 1.29 bits per heavy atom. The SMILES string of the molecule is CC.COC(=O)/C(=N/O[C@@H]1CCOC1)c1ccc(C)cc1. The number of methoxy groups -OCH3 is 1. The summed E-state index contributed by atoms with van der Waals surface area (Å²) in [6, 6.07) is 7.46. The van der Waals surface area contributed by atoms with Crippen LogP contribution in [-0.4, -0.2) is 38.1 Å². The van der Waals surface area contributed by atoms with Crippen LogP contribution in [-0.2, 0) is 19.1 Å². The quantitative estimate of drug-likeness (QED) is 0.486. The van der Waals surface area contributed by atoms with Crippen molar-refractivity contribution in [1.29, 1.82) is 0 Å². The molecule has 1 aromatic rings. The molecule has 0 amide bonds. The van der Waals surface area contributed by atoms with Gasteiger partial charge >= 0.3 is 5.97 Å². The Morgan fingerprint density at radius 3 is 2.48 bits per heavy atom. The summed E-state index contributed by atoms with van der Waals surface area (Å²) in [4.78, 5) is 17.1. The highest BCUT2D eigenvalue weighted by molar-refractivity contribution is 6.43. The molecule has 0 saturated carbocycles. The molecule has 0 spiro atoms. The van der Waals surface area contributed by atoms with Crippen LogP contribution in [0.2, 0.25) is 0 Å². The predicted molar refractivity (Wildman–Crippen MR) is 81.4 cm³/mol. The van der Waals surface area contributed by atoms with Crippen LogP contribution < -0.4 is 0 Å². The lowest BCUT2D eigenvalue weighted by atomic mass is 10.1. The van der Waals surface area contributed by atoms with Gasteiger partial charge in [-0.05, 0) is 6.92 Å². The minimum absolute atomic E-state index is 0.0925. The van der Waals surface area contributed by atoms with Crippen molar-refractivity contribution in [1.82, 2.24) is 0 Å². The van der Waals surface area contributed by atoms with Crippen molar-refractivity contribution in [2.75, 3.05) is 20.3 Å². The van der Waals surface area contributed by atoms with E-state index in [2.05, 4.69) is 5.16 Å². The fraction of sp³-hybridized carbons (Fsp3) is 0.500. The Labute approximate surface area is 125 Å². The molecule has 116 valence electrons. The standard InChI is InChI=1S/C14H17NO4.C2H6/c1-10-3-5-11(6-4-10)13(14(16)17-2)15-19-12-7-8-18-9-12;1-2/h3-6,12H,7-9H2,1-2H3;1-2H3/b15-13+;/t12-;/m1./s1. The molecule has 0 bridgehead atoms. The summed E-state index contributed by atoms with van der Waals surface area (Å²) in [7, 11) is 1.32. The topological polar surface area (TPSA) is 57.1 Å². The van der Waals surface area contributed by atoms with Gasteiger partial charge in [-0.1, -0.05) is 48.8 Å². The van der Waals surface area contributed by atoms with E-state index in [4.69, 9.17) is 14.3 Å². The van der Waals surface area contributed by atoms with Crippen LogP contribution in [0.3, 0.4) is 0 Å². The number of carbonyl (C=O) groups excluding carboxylic acids is 1. The molecule has 21 heavy (non-hydrogen) atoms. The minimum atomic E-state index is -0.511. The van der Waals surface area contributed by atoms with Gasteiger partial charge < -0.3 is 14.3 Å². The summed E-state index contributed by atoms with van der Waals surface area (Å²) in [6.07, 6.45) is 0.691. The summed E-state index contributed by atoms with van der Waals surface area (Å²) in [6.45, 7) is 7.15. The highest BCUT2D eigenvalue weighted by Gasteiger charge is 2.20. The molecular formula is C16H23NO4. The molecular weight excluding hydrogens is 270 g/mol. The Balaban J connectivity index is 0.00000106. The third-order valence-corrected chi connectivity index (χ3v) is 2.88. The van der Waals surface area contributed by atoms with Crippen molar-refractivity contribution in [3.05, 3.63) is 35.4 Å². The average Bonchev–Trinajstić information content (AvgIpc) is 3.04. The number of rotatable bonds is 4. The Kier molecular flexibility index (Phi) is 7.46. The van der Waals surface area contributed by atoms with E-state index in [-0.39, 0.29) is 11.8 Å². The van der Waals surface area contributed by atoms with Crippen LogP contribution in [0.5, 0.6) is 0 Å². The van der Waals surface area contributed by atoms with Crippen LogP contribution in [0.25, 0.3) is 0 Å². The van der Waals surface area contributed by atoms with E-state index in [9.17, 15) is 4.79 Å². The van der Waals surface area contributed by atoms with Crippen LogP contribution in [0.4, 0.5) is 0 Å². The summed E-state index contributed by atoms with van der Waals surface area (Å²) in [5, 5.41) is 3.94. The van der Waals surface area contributed by atoms with Gasteiger partial charge in [0.25, 0.3) is 0 Å². The lowest BCUT2D eigenvalue weighted by Crippen LogP contribution is -2.19. The number of nitrogens with zero attached hydrogens (tertiary/aromatic N) is 1. The monoisotopic (exact) mass is 293 g/mol. The second-order valence-corrected chi connectivity index (χ2v) is 4.39. The maximum atomic E-state index is 11.7. The third-order valence-electron chi connectivity index (χ3n) is 2.88. The smallest absolute Gasteiger partial charge is 0.360 e. The zero-order valence-corrected chi connectivity index (χ0v) is 13.1. The van der Waals surface area contributed by atoms with Gasteiger partial charge in [0, 0.05) is 12.0 Å². The normalized spacial score (nSPS) is 17.7. The molecule has 1 aliphatic heterocycles. The Hall–Kier alpha value is -1.88. The first-order valence-electron chi connectivity index (χ1n) is 7.17. The molecule has 1 heterocycles. The van der Waals surface area contributed by atoms with E-state index >= 15 is 0 Å². The molecule has 0 radical (unpaired) electrons. The number of oxime groups is 1. The lowest BCUT2D eigenvalue weighted by Gasteiger charge is -2.08. The average molecular weight is 293 g/mol. The fourth-order valence-electron chi connectivity index (χ4n) is 1.74. The van der Waals surface area contributed by atoms with Gasteiger partial charge in [-0.15, -0.1) is 0 Å².